The molecule has 3 N–H and O–H groups in total. The van der Waals surface area contributed by atoms with Gasteiger partial charge in [0.25, 0.3) is 0 Å². The Morgan fingerprint density at radius 2 is 2.05 bits per heavy atom. The topological polar surface area (TPSA) is 58.4 Å². The molecule has 1 fully saturated rings. The zero-order valence-corrected chi connectivity index (χ0v) is 13.0. The number of primary amides is 1. The Labute approximate surface area is 118 Å². The van der Waals surface area contributed by atoms with Crippen LogP contribution in [0.25, 0.3) is 0 Å². The lowest BCUT2D eigenvalue weighted by atomic mass is 9.84. The van der Waals surface area contributed by atoms with E-state index in [1.165, 1.54) is 25.7 Å². The molecule has 19 heavy (non-hydrogen) atoms. The van der Waals surface area contributed by atoms with Crippen LogP contribution >= 0.6 is 0 Å². The second kappa shape index (κ2) is 7.25. The van der Waals surface area contributed by atoms with Crippen molar-refractivity contribution < 1.29 is 4.79 Å². The first-order valence-electron chi connectivity index (χ1n) is 7.66. The second-order valence-corrected chi connectivity index (χ2v) is 6.29. The van der Waals surface area contributed by atoms with E-state index >= 15 is 0 Å². The molecular weight excluding hydrogens is 238 g/mol. The van der Waals surface area contributed by atoms with Crippen LogP contribution in [-0.4, -0.2) is 42.5 Å². The molecule has 1 aliphatic carbocycles. The van der Waals surface area contributed by atoms with Crippen molar-refractivity contribution in [2.75, 3.05) is 20.1 Å². The Morgan fingerprint density at radius 1 is 1.42 bits per heavy atom. The largest absolute Gasteiger partial charge is 0.368 e. The third-order valence-electron chi connectivity index (χ3n) is 4.71. The van der Waals surface area contributed by atoms with Crippen molar-refractivity contribution in [3.8, 4) is 0 Å². The molecule has 1 rings (SSSR count). The lowest BCUT2D eigenvalue weighted by molar-refractivity contribution is -0.124. The minimum absolute atomic E-state index is 0.251. The molecule has 1 saturated carbocycles. The molecule has 1 aliphatic rings. The Kier molecular flexibility index (Phi) is 6.27. The maximum atomic E-state index is 11.6. The van der Waals surface area contributed by atoms with Gasteiger partial charge in [-0.25, -0.2) is 0 Å². The lowest BCUT2D eigenvalue weighted by Crippen LogP contribution is -2.55. The van der Waals surface area contributed by atoms with Crippen LogP contribution in [0.4, 0.5) is 0 Å². The molecule has 0 aliphatic heterocycles. The summed E-state index contributed by atoms with van der Waals surface area (Å²) in [5.74, 6) is 0.511. The summed E-state index contributed by atoms with van der Waals surface area (Å²) in [6.07, 6.45) is 6.08. The highest BCUT2D eigenvalue weighted by Crippen LogP contribution is 2.27. The van der Waals surface area contributed by atoms with Crippen LogP contribution in [0, 0.1) is 5.92 Å². The van der Waals surface area contributed by atoms with Gasteiger partial charge in [-0.2, -0.15) is 0 Å². The van der Waals surface area contributed by atoms with Gasteiger partial charge in [0.05, 0.1) is 5.54 Å². The number of amides is 1. The summed E-state index contributed by atoms with van der Waals surface area (Å²) in [5.41, 5.74) is 4.95. The zero-order chi connectivity index (χ0) is 14.5. The quantitative estimate of drug-likeness (QED) is 0.740. The first-order chi connectivity index (χ1) is 8.90. The Hall–Kier alpha value is -0.610. The third kappa shape index (κ3) is 4.46. The first-order valence-corrected chi connectivity index (χ1v) is 7.66. The number of rotatable bonds is 7. The number of nitrogens with one attached hydrogen (secondary N) is 1. The lowest BCUT2D eigenvalue weighted by Gasteiger charge is -2.38. The number of carbonyl (C=O) groups excluding carboxylic acids is 1. The normalized spacial score (nSPS) is 27.2. The summed E-state index contributed by atoms with van der Waals surface area (Å²) in [5, 5.41) is 3.23. The third-order valence-corrected chi connectivity index (χ3v) is 4.71. The Morgan fingerprint density at radius 3 is 2.58 bits per heavy atom. The molecule has 3 atom stereocenters. The summed E-state index contributed by atoms with van der Waals surface area (Å²) in [6.45, 7) is 7.95. The standard InChI is InChI=1S/C15H31N3O/c1-5-17-15(3,14(16)19)10-11-18(4)13-9-7-6-8-12(13)2/h12-13,17H,5-11H2,1-4H3,(H2,16,19). The van der Waals surface area contributed by atoms with Crippen molar-refractivity contribution in [3.05, 3.63) is 0 Å². The Balaban J connectivity index is 2.51. The number of hydrogen-bond acceptors (Lipinski definition) is 3. The highest BCUT2D eigenvalue weighted by atomic mass is 16.1. The van der Waals surface area contributed by atoms with Crippen LogP contribution in [0.1, 0.15) is 52.9 Å². The molecule has 0 radical (unpaired) electrons. The molecule has 0 heterocycles. The van der Waals surface area contributed by atoms with Crippen LogP contribution in [0.3, 0.4) is 0 Å². The fourth-order valence-electron chi connectivity index (χ4n) is 3.21. The van der Waals surface area contributed by atoms with E-state index in [9.17, 15) is 4.79 Å². The summed E-state index contributed by atoms with van der Waals surface area (Å²) >= 11 is 0. The zero-order valence-electron chi connectivity index (χ0n) is 13.0. The SMILES string of the molecule is CCNC(C)(CCN(C)C1CCCCC1C)C(N)=O. The van der Waals surface area contributed by atoms with Crippen LogP contribution < -0.4 is 11.1 Å². The molecule has 112 valence electrons. The maximum Gasteiger partial charge on any atom is 0.237 e. The number of hydrogen-bond donors (Lipinski definition) is 2. The number of nitrogens with two attached hydrogens (primary N) is 1. The predicted molar refractivity (Wildman–Crippen MR) is 79.9 cm³/mol. The van der Waals surface area contributed by atoms with Gasteiger partial charge in [0.1, 0.15) is 0 Å². The molecule has 0 saturated heterocycles. The molecule has 0 aromatic rings. The summed E-state index contributed by atoms with van der Waals surface area (Å²) in [4.78, 5) is 14.0. The van der Waals surface area contributed by atoms with Crippen molar-refractivity contribution in [2.24, 2.45) is 11.7 Å². The van der Waals surface area contributed by atoms with Gasteiger partial charge in [0.2, 0.25) is 5.91 Å². The van der Waals surface area contributed by atoms with Gasteiger partial charge >= 0.3 is 0 Å². The van der Waals surface area contributed by atoms with Crippen molar-refractivity contribution in [1.82, 2.24) is 10.2 Å². The number of carbonyl (C=O) groups is 1. The van der Waals surface area contributed by atoms with Crippen LogP contribution in [0.2, 0.25) is 0 Å². The van der Waals surface area contributed by atoms with Gasteiger partial charge in [-0.3, -0.25) is 4.79 Å². The van der Waals surface area contributed by atoms with Crippen LogP contribution in [-0.2, 0) is 4.79 Å². The van der Waals surface area contributed by atoms with E-state index in [0.29, 0.717) is 6.04 Å². The van der Waals surface area contributed by atoms with E-state index in [4.69, 9.17) is 5.73 Å². The molecule has 4 heteroatoms. The molecule has 1 amide bonds. The molecular formula is C15H31N3O. The van der Waals surface area contributed by atoms with E-state index < -0.39 is 5.54 Å². The fourth-order valence-corrected chi connectivity index (χ4v) is 3.21. The predicted octanol–water partition coefficient (Wildman–Crippen LogP) is 1.74. The average molecular weight is 269 g/mol. The second-order valence-electron chi connectivity index (χ2n) is 6.29. The van der Waals surface area contributed by atoms with Crippen molar-refractivity contribution >= 4 is 5.91 Å². The summed E-state index contributed by atoms with van der Waals surface area (Å²) in [6, 6.07) is 0.660. The number of nitrogens with zero attached hydrogens (tertiary/aromatic N) is 1. The maximum absolute atomic E-state index is 11.6. The van der Waals surface area contributed by atoms with E-state index in [0.717, 1.165) is 25.4 Å². The van der Waals surface area contributed by atoms with E-state index in [1.807, 2.05) is 13.8 Å². The Bertz CT molecular complexity index is 295. The van der Waals surface area contributed by atoms with Gasteiger partial charge in [-0.05, 0) is 45.7 Å². The van der Waals surface area contributed by atoms with Crippen LogP contribution in [0.15, 0.2) is 0 Å². The summed E-state index contributed by atoms with van der Waals surface area (Å²) in [7, 11) is 2.18. The van der Waals surface area contributed by atoms with Gasteiger partial charge in [0, 0.05) is 12.6 Å². The van der Waals surface area contributed by atoms with Crippen LogP contribution in [0.5, 0.6) is 0 Å². The van der Waals surface area contributed by atoms with Crippen molar-refractivity contribution in [2.45, 2.75) is 64.5 Å². The monoisotopic (exact) mass is 269 g/mol. The van der Waals surface area contributed by atoms with Gasteiger partial charge < -0.3 is 16.0 Å². The molecule has 4 nitrogen and oxygen atoms in total. The van der Waals surface area contributed by atoms with Crippen molar-refractivity contribution in [1.29, 1.82) is 0 Å². The minimum atomic E-state index is -0.582. The van der Waals surface area contributed by atoms with Crippen molar-refractivity contribution in [3.63, 3.8) is 0 Å². The van der Waals surface area contributed by atoms with E-state index in [2.05, 4.69) is 24.2 Å². The molecule has 0 bridgehead atoms. The average Bonchev–Trinajstić information content (AvgIpc) is 2.36. The molecule has 0 aromatic carbocycles. The van der Waals surface area contributed by atoms with Gasteiger partial charge in [0.15, 0.2) is 0 Å². The first kappa shape index (κ1) is 16.4. The highest BCUT2D eigenvalue weighted by Gasteiger charge is 2.31. The fraction of sp³-hybridized carbons (Fsp3) is 0.933. The van der Waals surface area contributed by atoms with E-state index in [1.54, 1.807) is 0 Å². The number of likely N-dealkylation sites (N-methyl/N-ethyl adjacent to an activating group) is 1. The van der Waals surface area contributed by atoms with E-state index in [-0.39, 0.29) is 5.91 Å². The summed E-state index contributed by atoms with van der Waals surface area (Å²) < 4.78 is 0. The smallest absolute Gasteiger partial charge is 0.237 e. The van der Waals surface area contributed by atoms with Gasteiger partial charge in [-0.1, -0.05) is 26.7 Å². The van der Waals surface area contributed by atoms with Gasteiger partial charge in [-0.15, -0.1) is 0 Å². The highest BCUT2D eigenvalue weighted by molar-refractivity contribution is 5.84. The molecule has 3 unspecified atom stereocenters. The molecule has 0 aromatic heterocycles. The minimum Gasteiger partial charge on any atom is -0.368 e. The molecule has 0 spiro atoms.